The Hall–Kier alpha value is -4.48. The van der Waals surface area contributed by atoms with Gasteiger partial charge in [-0.1, -0.05) is 35.3 Å². The predicted octanol–water partition coefficient (Wildman–Crippen LogP) is 4.61. The van der Waals surface area contributed by atoms with Gasteiger partial charge >= 0.3 is 17.8 Å². The Labute approximate surface area is 220 Å². The zero-order chi connectivity index (χ0) is 27.1. The van der Waals surface area contributed by atoms with Gasteiger partial charge in [0.2, 0.25) is 0 Å². The number of esters is 1. The molecule has 3 aromatic rings. The van der Waals surface area contributed by atoms with Gasteiger partial charge in [0.15, 0.2) is 11.5 Å². The van der Waals surface area contributed by atoms with Gasteiger partial charge in [0.25, 0.3) is 5.69 Å². The molecule has 2 amide bonds. The van der Waals surface area contributed by atoms with E-state index in [1.165, 1.54) is 67.8 Å². The number of anilines is 1. The third-order valence-corrected chi connectivity index (χ3v) is 5.38. The maximum Gasteiger partial charge on any atom is 0.350 e. The number of rotatable bonds is 7. The van der Waals surface area contributed by atoms with E-state index in [4.69, 9.17) is 32.7 Å². The van der Waals surface area contributed by atoms with E-state index in [2.05, 4.69) is 15.8 Å². The summed E-state index contributed by atoms with van der Waals surface area (Å²) in [6, 6.07) is 14.1. The smallest absolute Gasteiger partial charge is 0.350 e. The molecule has 190 valence electrons. The molecule has 0 bridgehead atoms. The Balaban J connectivity index is 1.71. The van der Waals surface area contributed by atoms with Crippen LogP contribution in [0.5, 0.6) is 11.5 Å². The van der Waals surface area contributed by atoms with Crippen molar-refractivity contribution in [1.29, 1.82) is 0 Å². The Morgan fingerprint density at radius 3 is 2.41 bits per heavy atom. The molecule has 2 N–H and O–H groups in total. The summed E-state index contributed by atoms with van der Waals surface area (Å²) in [7, 11) is 1.33. The van der Waals surface area contributed by atoms with Crippen LogP contribution in [0.25, 0.3) is 0 Å². The van der Waals surface area contributed by atoms with Crippen LogP contribution < -0.4 is 20.2 Å². The fraction of sp³-hybridized carbons (Fsp3) is 0.0833. The number of nitrogens with one attached hydrogen (secondary N) is 2. The van der Waals surface area contributed by atoms with Gasteiger partial charge < -0.3 is 14.8 Å². The van der Waals surface area contributed by atoms with Gasteiger partial charge in [-0.05, 0) is 49.4 Å². The fourth-order valence-corrected chi connectivity index (χ4v) is 3.30. The second-order valence-corrected chi connectivity index (χ2v) is 8.09. The van der Waals surface area contributed by atoms with E-state index in [-0.39, 0.29) is 33.5 Å². The number of hydrogen-bond acceptors (Lipinski definition) is 8. The van der Waals surface area contributed by atoms with Gasteiger partial charge in [-0.25, -0.2) is 10.2 Å². The van der Waals surface area contributed by atoms with Crippen molar-refractivity contribution in [2.45, 2.75) is 6.92 Å². The number of halogens is 2. The summed E-state index contributed by atoms with van der Waals surface area (Å²) in [6.45, 7) is 1.56. The normalized spacial score (nSPS) is 10.9. The first-order valence-electron chi connectivity index (χ1n) is 10.4. The lowest BCUT2D eigenvalue weighted by molar-refractivity contribution is -0.385. The topological polar surface area (TPSA) is 149 Å². The molecule has 0 spiro atoms. The Morgan fingerprint density at radius 1 is 0.973 bits per heavy atom. The lowest BCUT2D eigenvalue weighted by Crippen LogP contribution is -2.33. The number of nitro groups is 1. The van der Waals surface area contributed by atoms with Gasteiger partial charge in [0.05, 0.1) is 28.5 Å². The lowest BCUT2D eigenvalue weighted by Gasteiger charge is -2.11. The number of para-hydroxylation sites is 1. The second-order valence-electron chi connectivity index (χ2n) is 7.25. The zero-order valence-corrected chi connectivity index (χ0v) is 20.8. The van der Waals surface area contributed by atoms with E-state index in [1.54, 1.807) is 6.92 Å². The molecule has 0 aliphatic heterocycles. The third-order valence-electron chi connectivity index (χ3n) is 4.81. The molecule has 13 heteroatoms. The van der Waals surface area contributed by atoms with Crippen LogP contribution in [0.3, 0.4) is 0 Å². The number of nitrogens with zero attached hydrogens (tertiary/aromatic N) is 2. The van der Waals surface area contributed by atoms with Crippen LogP contribution in [-0.2, 0) is 9.59 Å². The van der Waals surface area contributed by atoms with E-state index in [9.17, 15) is 24.5 Å². The molecule has 0 saturated carbocycles. The number of ether oxygens (including phenoxy) is 2. The summed E-state index contributed by atoms with van der Waals surface area (Å²) in [5.41, 5.74) is 2.41. The SMILES string of the molecule is COc1cc(/C(C)=N/NC(=O)C(=O)Nc2cc(Cl)ccc2Cl)ccc1OC(=O)c1ccccc1[N+](=O)[O-]. The molecule has 0 heterocycles. The minimum atomic E-state index is -1.06. The summed E-state index contributed by atoms with van der Waals surface area (Å²) < 4.78 is 10.6. The van der Waals surface area contributed by atoms with Crippen LogP contribution in [0.4, 0.5) is 11.4 Å². The maximum atomic E-state index is 12.5. The molecule has 37 heavy (non-hydrogen) atoms. The highest BCUT2D eigenvalue weighted by molar-refractivity contribution is 6.42. The average molecular weight is 545 g/mol. The molecule has 3 rings (SSSR count). The summed E-state index contributed by atoms with van der Waals surface area (Å²) >= 11 is 11.8. The largest absolute Gasteiger partial charge is 0.493 e. The maximum absolute atomic E-state index is 12.5. The number of hydrogen-bond donors (Lipinski definition) is 2. The van der Waals surface area contributed by atoms with Crippen molar-refractivity contribution >= 4 is 58.1 Å². The molecular weight excluding hydrogens is 527 g/mol. The summed E-state index contributed by atoms with van der Waals surface area (Å²) in [5, 5.41) is 17.9. The molecule has 11 nitrogen and oxygen atoms in total. The van der Waals surface area contributed by atoms with Gasteiger partial charge in [0.1, 0.15) is 5.56 Å². The van der Waals surface area contributed by atoms with Crippen molar-refractivity contribution in [2.75, 3.05) is 12.4 Å². The number of nitro benzene ring substituents is 1. The first-order valence-corrected chi connectivity index (χ1v) is 11.1. The number of carbonyl (C=O) groups is 3. The predicted molar refractivity (Wildman–Crippen MR) is 136 cm³/mol. The first kappa shape index (κ1) is 27.1. The summed E-state index contributed by atoms with van der Waals surface area (Å²) in [6.07, 6.45) is 0. The average Bonchev–Trinajstić information content (AvgIpc) is 2.89. The number of carbonyl (C=O) groups excluding carboxylic acids is 3. The van der Waals surface area contributed by atoms with E-state index >= 15 is 0 Å². The molecule has 0 radical (unpaired) electrons. The van der Waals surface area contributed by atoms with Crippen molar-refractivity contribution in [3.05, 3.63) is 92.0 Å². The van der Waals surface area contributed by atoms with Crippen molar-refractivity contribution in [3.8, 4) is 11.5 Å². The molecule has 0 unspecified atom stereocenters. The van der Waals surface area contributed by atoms with Gasteiger partial charge in [0, 0.05) is 16.7 Å². The number of amides is 2. The second kappa shape index (κ2) is 12.0. The van der Waals surface area contributed by atoms with Crippen LogP contribution >= 0.6 is 23.2 Å². The molecule has 0 aliphatic carbocycles. The molecule has 0 atom stereocenters. The van der Waals surface area contributed by atoms with E-state index in [1.807, 2.05) is 0 Å². The lowest BCUT2D eigenvalue weighted by atomic mass is 10.1. The van der Waals surface area contributed by atoms with Crippen LogP contribution in [0.1, 0.15) is 22.8 Å². The van der Waals surface area contributed by atoms with E-state index < -0.39 is 28.4 Å². The van der Waals surface area contributed by atoms with Crippen LogP contribution in [0.15, 0.2) is 65.8 Å². The number of methoxy groups -OCH3 is 1. The number of hydrazone groups is 1. The highest BCUT2D eigenvalue weighted by Gasteiger charge is 2.22. The zero-order valence-electron chi connectivity index (χ0n) is 19.3. The van der Waals surface area contributed by atoms with Gasteiger partial charge in [-0.2, -0.15) is 5.10 Å². The molecule has 3 aromatic carbocycles. The quantitative estimate of drug-likeness (QED) is 0.110. The Bertz CT molecular complexity index is 1430. The Kier molecular flexibility index (Phi) is 8.77. The highest BCUT2D eigenvalue weighted by Crippen LogP contribution is 2.30. The van der Waals surface area contributed by atoms with Crippen molar-refractivity contribution in [3.63, 3.8) is 0 Å². The van der Waals surface area contributed by atoms with Crippen molar-refractivity contribution < 1.29 is 28.8 Å². The van der Waals surface area contributed by atoms with Crippen molar-refractivity contribution in [2.24, 2.45) is 5.10 Å². The third kappa shape index (κ3) is 6.81. The van der Waals surface area contributed by atoms with Gasteiger partial charge in [-0.3, -0.25) is 19.7 Å². The number of benzene rings is 3. The summed E-state index contributed by atoms with van der Waals surface area (Å²) in [4.78, 5) is 47.3. The molecule has 0 aliphatic rings. The highest BCUT2D eigenvalue weighted by atomic mass is 35.5. The Morgan fingerprint density at radius 2 is 1.70 bits per heavy atom. The molecule has 0 fully saturated rings. The van der Waals surface area contributed by atoms with Crippen LogP contribution in [0.2, 0.25) is 10.0 Å². The van der Waals surface area contributed by atoms with Crippen LogP contribution in [-0.4, -0.2) is 35.5 Å². The van der Waals surface area contributed by atoms with Gasteiger partial charge in [-0.15, -0.1) is 0 Å². The standard InChI is InChI=1S/C24H18Cl2N4O7/c1-13(28-29-23(32)22(31)27-18-12-15(25)8-9-17(18)26)14-7-10-20(21(11-14)36-2)37-24(33)16-5-3-4-6-19(16)30(34)35/h3-12H,1-2H3,(H,27,31)(H,29,32)/b28-13+. The fourth-order valence-electron chi connectivity index (χ4n) is 2.96. The molecule has 0 saturated heterocycles. The minimum absolute atomic E-state index is 0.00372. The first-order chi connectivity index (χ1) is 17.6. The molecular formula is C24H18Cl2N4O7. The molecule has 0 aromatic heterocycles. The monoisotopic (exact) mass is 544 g/mol. The van der Waals surface area contributed by atoms with Crippen molar-refractivity contribution in [1.82, 2.24) is 5.43 Å². The van der Waals surface area contributed by atoms with E-state index in [0.29, 0.717) is 10.6 Å². The van der Waals surface area contributed by atoms with Crippen LogP contribution in [0, 0.1) is 10.1 Å². The van der Waals surface area contributed by atoms with E-state index in [0.717, 1.165) is 0 Å². The summed E-state index contributed by atoms with van der Waals surface area (Å²) in [5.74, 6) is -2.89. The minimum Gasteiger partial charge on any atom is -0.493 e.